The predicted molar refractivity (Wildman–Crippen MR) is 258 cm³/mol. The molecule has 0 fully saturated rings. The second kappa shape index (κ2) is 13.0. The van der Waals surface area contributed by atoms with Crippen molar-refractivity contribution in [2.45, 2.75) is 85.5 Å². The van der Waals surface area contributed by atoms with Crippen molar-refractivity contribution in [2.75, 3.05) is 9.80 Å². The molecule has 288 valence electrons. The van der Waals surface area contributed by atoms with Crippen molar-refractivity contribution in [1.29, 1.82) is 0 Å². The van der Waals surface area contributed by atoms with Gasteiger partial charge in [-0.05, 0) is 122 Å². The molecule has 5 heteroatoms. The lowest BCUT2D eigenvalue weighted by atomic mass is 9.33. The lowest BCUT2D eigenvalue weighted by Gasteiger charge is -2.44. The van der Waals surface area contributed by atoms with Gasteiger partial charge >= 0.3 is 0 Å². The van der Waals surface area contributed by atoms with Crippen molar-refractivity contribution in [1.82, 2.24) is 0 Å². The van der Waals surface area contributed by atoms with Crippen LogP contribution in [0.3, 0.4) is 0 Å². The number of fused-ring (bicyclic) bond motifs is 6. The van der Waals surface area contributed by atoms with Crippen LogP contribution in [0.4, 0.5) is 34.1 Å². The number of aryl methyl sites for hydroxylation is 1. The molecule has 0 atom stereocenters. The van der Waals surface area contributed by atoms with Crippen LogP contribution in [0.25, 0.3) is 31.3 Å². The number of anilines is 6. The highest BCUT2D eigenvalue weighted by Gasteiger charge is 2.44. The SMILES string of the molecule is Cc1cc2cc3c(cc2s1)N(c1ccc2cc(C(C)(C)C)sc2c1)c1cccc2c1B3c1cc(C(C)(C)C)ccc1N2c1ccccc1-c1ccc(C(C)(C)C)cc1. The van der Waals surface area contributed by atoms with Gasteiger partial charge in [0, 0.05) is 53.2 Å². The van der Waals surface area contributed by atoms with Crippen LogP contribution < -0.4 is 26.2 Å². The average molecular weight is 791 g/mol. The molecule has 0 radical (unpaired) electrons. The number of thiophene rings is 2. The van der Waals surface area contributed by atoms with Gasteiger partial charge in [0.05, 0.1) is 5.69 Å². The molecule has 0 spiro atoms. The van der Waals surface area contributed by atoms with E-state index in [1.165, 1.54) is 103 Å². The van der Waals surface area contributed by atoms with Crippen LogP contribution in [0, 0.1) is 6.92 Å². The van der Waals surface area contributed by atoms with Crippen molar-refractivity contribution in [2.24, 2.45) is 0 Å². The fourth-order valence-corrected chi connectivity index (χ4v) is 11.3. The van der Waals surface area contributed by atoms with E-state index in [2.05, 4.69) is 206 Å². The highest BCUT2D eigenvalue weighted by atomic mass is 32.1. The summed E-state index contributed by atoms with van der Waals surface area (Å²) >= 11 is 3.83. The van der Waals surface area contributed by atoms with Crippen LogP contribution in [0.1, 0.15) is 83.2 Å². The molecule has 6 aromatic carbocycles. The lowest BCUT2D eigenvalue weighted by molar-refractivity contribution is 0.590. The lowest BCUT2D eigenvalue weighted by Crippen LogP contribution is -2.61. The van der Waals surface area contributed by atoms with Gasteiger partial charge in [-0.3, -0.25) is 0 Å². The third-order valence-corrected chi connectivity index (χ3v) is 14.9. The summed E-state index contributed by atoms with van der Waals surface area (Å²) in [6.07, 6.45) is 0. The zero-order valence-electron chi connectivity index (χ0n) is 35.4. The van der Waals surface area contributed by atoms with Crippen LogP contribution in [-0.4, -0.2) is 6.71 Å². The molecule has 0 N–H and O–H groups in total. The number of benzene rings is 6. The van der Waals surface area contributed by atoms with E-state index in [4.69, 9.17) is 0 Å². The molecular formula is C53H51BN2S2. The molecule has 4 heterocycles. The summed E-state index contributed by atoms with van der Waals surface area (Å²) in [4.78, 5) is 7.90. The molecule has 0 amide bonds. The first kappa shape index (κ1) is 37.2. The highest BCUT2D eigenvalue weighted by molar-refractivity contribution is 7.19. The van der Waals surface area contributed by atoms with Crippen LogP contribution in [-0.2, 0) is 16.2 Å². The summed E-state index contributed by atoms with van der Waals surface area (Å²) in [7, 11) is 0. The van der Waals surface area contributed by atoms with E-state index in [1.807, 2.05) is 22.7 Å². The zero-order chi connectivity index (χ0) is 40.5. The number of para-hydroxylation sites is 1. The number of hydrogen-bond acceptors (Lipinski definition) is 4. The van der Waals surface area contributed by atoms with Crippen LogP contribution >= 0.6 is 22.7 Å². The highest BCUT2D eigenvalue weighted by Crippen LogP contribution is 2.48. The molecule has 0 saturated carbocycles. The Balaban J connectivity index is 1.26. The summed E-state index contributed by atoms with van der Waals surface area (Å²) in [6, 6.07) is 49.4. The fourth-order valence-electron chi connectivity index (χ4n) is 9.20. The number of rotatable bonds is 3. The molecule has 0 aliphatic carbocycles. The number of hydrogen-bond donors (Lipinski definition) is 0. The molecule has 58 heavy (non-hydrogen) atoms. The topological polar surface area (TPSA) is 6.48 Å². The second-order valence-corrected chi connectivity index (χ2v) is 21.9. The van der Waals surface area contributed by atoms with Gasteiger partial charge in [0.1, 0.15) is 0 Å². The maximum absolute atomic E-state index is 2.57. The smallest absolute Gasteiger partial charge is 0.252 e. The molecule has 2 aliphatic rings. The standard InChI is InChI=1S/C53H51BN2S2/c1-32-26-35-27-40-46(31-48(35)57-32)55(38-24-20-34-28-49(53(8,9)10)58-47(34)30-38)44-16-13-17-45-50(44)54(40)41-29-37(52(5,6)7)23-25-43(41)56(45)42-15-12-11-14-39(42)33-18-21-36(22-19-33)51(2,3)4/h11-31H,1-10H3. The third kappa shape index (κ3) is 5.96. The largest absolute Gasteiger partial charge is 0.311 e. The molecule has 2 nitrogen and oxygen atoms in total. The first-order valence-corrected chi connectivity index (χ1v) is 22.3. The summed E-state index contributed by atoms with van der Waals surface area (Å²) < 4.78 is 2.66. The number of nitrogens with zero attached hydrogens (tertiary/aromatic N) is 2. The molecule has 0 unspecified atom stereocenters. The maximum atomic E-state index is 2.57. The Labute approximate surface area is 352 Å². The molecule has 0 saturated heterocycles. The van der Waals surface area contributed by atoms with Crippen molar-refractivity contribution < 1.29 is 0 Å². The van der Waals surface area contributed by atoms with Crippen molar-refractivity contribution >= 4 is 100 Å². The van der Waals surface area contributed by atoms with Gasteiger partial charge in [-0.2, -0.15) is 0 Å². The van der Waals surface area contributed by atoms with E-state index in [1.54, 1.807) is 0 Å². The Kier molecular flexibility index (Phi) is 8.31. The molecule has 10 rings (SSSR count). The quantitative estimate of drug-likeness (QED) is 0.165. The minimum atomic E-state index is -0.00759. The first-order valence-electron chi connectivity index (χ1n) is 20.7. The summed E-state index contributed by atoms with van der Waals surface area (Å²) in [5, 5.41) is 2.64. The monoisotopic (exact) mass is 790 g/mol. The van der Waals surface area contributed by atoms with Gasteiger partial charge in [-0.25, -0.2) is 0 Å². The Morgan fingerprint density at radius 2 is 1.12 bits per heavy atom. The summed E-state index contributed by atoms with van der Waals surface area (Å²) in [6.45, 7) is 23.1. The van der Waals surface area contributed by atoms with Crippen LogP contribution in [0.2, 0.25) is 0 Å². The average Bonchev–Trinajstić information content (AvgIpc) is 3.78. The molecular weight excluding hydrogens is 740 g/mol. The normalized spacial score (nSPS) is 13.9. The van der Waals surface area contributed by atoms with E-state index in [0.29, 0.717) is 0 Å². The fraction of sp³-hybridized carbons (Fsp3) is 0.245. The van der Waals surface area contributed by atoms with E-state index >= 15 is 0 Å². The van der Waals surface area contributed by atoms with E-state index < -0.39 is 0 Å². The minimum Gasteiger partial charge on any atom is -0.311 e. The Morgan fingerprint density at radius 3 is 1.84 bits per heavy atom. The van der Waals surface area contributed by atoms with Gasteiger partial charge in [-0.15, -0.1) is 22.7 Å². The van der Waals surface area contributed by atoms with E-state index in [-0.39, 0.29) is 23.0 Å². The van der Waals surface area contributed by atoms with Crippen LogP contribution in [0.5, 0.6) is 0 Å². The van der Waals surface area contributed by atoms with E-state index in [9.17, 15) is 0 Å². The Hall–Kier alpha value is -5.10. The van der Waals surface area contributed by atoms with Crippen molar-refractivity contribution in [3.05, 3.63) is 148 Å². The molecule has 0 bridgehead atoms. The van der Waals surface area contributed by atoms with Gasteiger partial charge in [0.2, 0.25) is 0 Å². The molecule has 2 aromatic heterocycles. The molecule has 2 aliphatic heterocycles. The van der Waals surface area contributed by atoms with Gasteiger partial charge in [-0.1, -0.05) is 135 Å². The molecule has 8 aromatic rings. The van der Waals surface area contributed by atoms with Gasteiger partial charge < -0.3 is 9.80 Å². The van der Waals surface area contributed by atoms with Gasteiger partial charge in [0.15, 0.2) is 0 Å². The van der Waals surface area contributed by atoms with Gasteiger partial charge in [0.25, 0.3) is 6.71 Å². The third-order valence-electron chi connectivity index (χ3n) is 12.3. The van der Waals surface area contributed by atoms with E-state index in [0.717, 1.165) is 0 Å². The van der Waals surface area contributed by atoms with Crippen molar-refractivity contribution in [3.63, 3.8) is 0 Å². The second-order valence-electron chi connectivity index (χ2n) is 19.6. The predicted octanol–water partition coefficient (Wildman–Crippen LogP) is 14.1. The van der Waals surface area contributed by atoms with Crippen LogP contribution in [0.15, 0.2) is 127 Å². The first-order chi connectivity index (χ1) is 27.5. The zero-order valence-corrected chi connectivity index (χ0v) is 37.0. The Morgan fingerprint density at radius 1 is 0.466 bits per heavy atom. The summed E-state index contributed by atoms with van der Waals surface area (Å²) in [5.74, 6) is 0. The van der Waals surface area contributed by atoms with Crippen molar-refractivity contribution in [3.8, 4) is 11.1 Å². The maximum Gasteiger partial charge on any atom is 0.252 e. The summed E-state index contributed by atoms with van der Waals surface area (Å²) in [5.41, 5.74) is 16.8. The Bertz CT molecular complexity index is 2930. The minimum absolute atomic E-state index is 0.00759.